The molecule has 5 heteroatoms. The first-order chi connectivity index (χ1) is 8.74. The van der Waals surface area contributed by atoms with E-state index in [1.54, 1.807) is 31.4 Å². The zero-order valence-corrected chi connectivity index (χ0v) is 9.88. The monoisotopic (exact) mass is 243 g/mol. The number of aliphatic imine (C=N–C) groups is 1. The number of nitrogens with two attached hydrogens (primary N) is 1. The molecule has 0 atom stereocenters. The Balaban J connectivity index is 2.55. The Morgan fingerprint density at radius 3 is 2.94 bits per heavy atom. The van der Waals surface area contributed by atoms with Crippen molar-refractivity contribution in [2.75, 3.05) is 7.11 Å². The number of aromatic nitrogens is 1. The number of pyridine rings is 1. The molecule has 0 aliphatic carbocycles. The lowest BCUT2D eigenvalue weighted by molar-refractivity contribution is 0.415. The number of hydrogen-bond acceptors (Lipinski definition) is 4. The minimum absolute atomic E-state index is 0.0877. The van der Waals surface area contributed by atoms with Crippen LogP contribution in [0.25, 0.3) is 10.9 Å². The Labute approximate surface area is 104 Å². The molecule has 0 radical (unpaired) electrons. The predicted octanol–water partition coefficient (Wildman–Crippen LogP) is 1.71. The first-order valence-corrected chi connectivity index (χ1v) is 5.36. The Hall–Kier alpha value is -2.56. The van der Waals surface area contributed by atoms with Gasteiger partial charge in [-0.25, -0.2) is 4.99 Å². The van der Waals surface area contributed by atoms with Gasteiger partial charge >= 0.3 is 0 Å². The second-order valence-corrected chi connectivity index (χ2v) is 3.59. The third kappa shape index (κ3) is 2.40. The van der Waals surface area contributed by atoms with Gasteiger partial charge in [-0.15, -0.1) is 0 Å². The lowest BCUT2D eigenvalue weighted by atomic mass is 10.2. The third-order valence-electron chi connectivity index (χ3n) is 2.43. The highest BCUT2D eigenvalue weighted by atomic mass is 16.5. The quantitative estimate of drug-likeness (QED) is 0.805. The largest absolute Gasteiger partial charge is 0.497 e. The third-order valence-corrected chi connectivity index (χ3v) is 2.43. The van der Waals surface area contributed by atoms with Crippen LogP contribution in [0.1, 0.15) is 0 Å². The van der Waals surface area contributed by atoms with E-state index in [-0.39, 0.29) is 5.43 Å². The zero-order chi connectivity index (χ0) is 13.0. The first kappa shape index (κ1) is 11.9. The number of benzene rings is 1. The summed E-state index contributed by atoms with van der Waals surface area (Å²) in [7, 11) is 1.58. The fourth-order valence-corrected chi connectivity index (χ4v) is 1.59. The maximum atomic E-state index is 11.9. The maximum absolute atomic E-state index is 11.9. The molecule has 2 aromatic rings. The smallest absolute Gasteiger partial charge is 0.191 e. The van der Waals surface area contributed by atoms with Crippen molar-refractivity contribution in [2.45, 2.75) is 0 Å². The van der Waals surface area contributed by atoms with Crippen LogP contribution < -0.4 is 15.9 Å². The molecule has 1 aromatic carbocycles. The molecule has 0 aliphatic rings. The molecule has 0 unspecified atom stereocenters. The lowest BCUT2D eigenvalue weighted by Gasteiger charge is -2.03. The number of fused-ring (bicyclic) bond motifs is 1. The van der Waals surface area contributed by atoms with Crippen LogP contribution in [0.5, 0.6) is 5.75 Å². The molecule has 1 heterocycles. The zero-order valence-electron chi connectivity index (χ0n) is 9.88. The Bertz CT molecular complexity index is 671. The second-order valence-electron chi connectivity index (χ2n) is 3.59. The van der Waals surface area contributed by atoms with E-state index in [4.69, 9.17) is 10.5 Å². The number of hydrogen-bond donors (Lipinski definition) is 2. The normalized spacial score (nSPS) is 11.6. The molecule has 92 valence electrons. The van der Waals surface area contributed by atoms with E-state index in [2.05, 4.69) is 9.98 Å². The van der Waals surface area contributed by atoms with Crippen molar-refractivity contribution in [1.82, 2.24) is 4.98 Å². The molecule has 0 aliphatic heterocycles. The summed E-state index contributed by atoms with van der Waals surface area (Å²) >= 11 is 0. The summed E-state index contributed by atoms with van der Waals surface area (Å²) in [5.74, 6) is 1.15. The summed E-state index contributed by atoms with van der Waals surface area (Å²) in [5.41, 5.74) is 5.79. The first-order valence-electron chi connectivity index (χ1n) is 5.36. The molecule has 0 saturated carbocycles. The van der Waals surface area contributed by atoms with E-state index in [1.807, 2.05) is 0 Å². The Morgan fingerprint density at radius 2 is 2.22 bits per heavy atom. The van der Waals surface area contributed by atoms with E-state index in [9.17, 15) is 4.79 Å². The van der Waals surface area contributed by atoms with Gasteiger partial charge in [-0.2, -0.15) is 0 Å². The fraction of sp³-hybridized carbons (Fsp3) is 0.0769. The summed E-state index contributed by atoms with van der Waals surface area (Å²) in [4.78, 5) is 19.0. The second kappa shape index (κ2) is 5.18. The highest BCUT2D eigenvalue weighted by Gasteiger charge is 2.02. The minimum atomic E-state index is -0.0877. The standard InChI is InChI=1S/C13H13N3O2/c1-18-9-3-4-10-11(7-9)16-13(8-12(10)17)15-6-2-5-14/h2-8H,14H2,1H3,(H,16,17). The Morgan fingerprint density at radius 1 is 1.39 bits per heavy atom. The number of rotatable bonds is 3. The molecule has 5 nitrogen and oxygen atoms in total. The molecule has 0 bridgehead atoms. The highest BCUT2D eigenvalue weighted by molar-refractivity contribution is 5.82. The average Bonchev–Trinajstić information content (AvgIpc) is 2.38. The summed E-state index contributed by atoms with van der Waals surface area (Å²) in [6, 6.07) is 6.67. The van der Waals surface area contributed by atoms with Crippen molar-refractivity contribution in [3.8, 4) is 5.75 Å². The van der Waals surface area contributed by atoms with E-state index in [0.717, 1.165) is 0 Å². The van der Waals surface area contributed by atoms with Gasteiger partial charge in [0.2, 0.25) is 0 Å². The topological polar surface area (TPSA) is 80.5 Å². The molecular formula is C13H13N3O2. The van der Waals surface area contributed by atoms with E-state index in [1.165, 1.54) is 18.5 Å². The highest BCUT2D eigenvalue weighted by Crippen LogP contribution is 2.18. The minimum Gasteiger partial charge on any atom is -0.497 e. The number of nitrogens with zero attached hydrogens (tertiary/aromatic N) is 1. The van der Waals surface area contributed by atoms with Gasteiger partial charge in [0.25, 0.3) is 0 Å². The van der Waals surface area contributed by atoms with Crippen molar-refractivity contribution in [2.24, 2.45) is 10.7 Å². The van der Waals surface area contributed by atoms with Crippen LogP contribution in [-0.4, -0.2) is 18.3 Å². The van der Waals surface area contributed by atoms with Crippen LogP contribution in [0.2, 0.25) is 0 Å². The number of H-pyrrole nitrogens is 1. The van der Waals surface area contributed by atoms with Crippen LogP contribution >= 0.6 is 0 Å². The van der Waals surface area contributed by atoms with Gasteiger partial charge in [-0.05, 0) is 24.4 Å². The van der Waals surface area contributed by atoms with Crippen LogP contribution in [0, 0.1) is 0 Å². The molecule has 0 fully saturated rings. The van der Waals surface area contributed by atoms with Gasteiger partial charge in [0.1, 0.15) is 11.6 Å². The van der Waals surface area contributed by atoms with Crippen LogP contribution in [0.3, 0.4) is 0 Å². The number of ether oxygens (including phenoxy) is 1. The number of allylic oxidation sites excluding steroid dienone is 1. The van der Waals surface area contributed by atoms with Crippen LogP contribution in [0.15, 0.2) is 46.3 Å². The van der Waals surface area contributed by atoms with E-state index >= 15 is 0 Å². The van der Waals surface area contributed by atoms with Gasteiger partial charge in [0.15, 0.2) is 5.43 Å². The fourth-order valence-electron chi connectivity index (χ4n) is 1.59. The molecule has 0 saturated heterocycles. The molecule has 3 N–H and O–H groups in total. The van der Waals surface area contributed by atoms with E-state index in [0.29, 0.717) is 22.5 Å². The lowest BCUT2D eigenvalue weighted by Crippen LogP contribution is -2.01. The number of nitrogens with one attached hydrogen (secondary N) is 1. The van der Waals surface area contributed by atoms with Crippen molar-refractivity contribution >= 4 is 22.9 Å². The molecule has 2 rings (SSSR count). The van der Waals surface area contributed by atoms with Crippen molar-refractivity contribution < 1.29 is 4.74 Å². The Kier molecular flexibility index (Phi) is 3.43. The average molecular weight is 243 g/mol. The van der Waals surface area contributed by atoms with Gasteiger partial charge < -0.3 is 15.5 Å². The van der Waals surface area contributed by atoms with Gasteiger partial charge in [-0.1, -0.05) is 0 Å². The summed E-state index contributed by atoms with van der Waals surface area (Å²) in [6.07, 6.45) is 4.46. The van der Waals surface area contributed by atoms with Crippen LogP contribution in [0.4, 0.5) is 5.82 Å². The number of aromatic amines is 1. The van der Waals surface area contributed by atoms with Crippen molar-refractivity contribution in [3.63, 3.8) is 0 Å². The summed E-state index contributed by atoms with van der Waals surface area (Å²) in [6.45, 7) is 0. The SMILES string of the molecule is COc1ccc2c(=O)cc(N=CC=CN)[nH]c2c1. The molecule has 18 heavy (non-hydrogen) atoms. The molecular weight excluding hydrogens is 230 g/mol. The number of methoxy groups -OCH3 is 1. The molecule has 0 spiro atoms. The van der Waals surface area contributed by atoms with E-state index < -0.39 is 0 Å². The van der Waals surface area contributed by atoms with Gasteiger partial charge in [0.05, 0.1) is 12.6 Å². The van der Waals surface area contributed by atoms with Crippen LogP contribution in [-0.2, 0) is 0 Å². The maximum Gasteiger partial charge on any atom is 0.191 e. The predicted molar refractivity (Wildman–Crippen MR) is 72.6 cm³/mol. The van der Waals surface area contributed by atoms with Crippen molar-refractivity contribution in [3.05, 3.63) is 46.8 Å². The molecule has 1 aromatic heterocycles. The summed E-state index contributed by atoms with van der Waals surface area (Å²) in [5, 5.41) is 0.601. The summed E-state index contributed by atoms with van der Waals surface area (Å²) < 4.78 is 5.11. The molecule has 0 amide bonds. The van der Waals surface area contributed by atoms with Crippen molar-refractivity contribution in [1.29, 1.82) is 0 Å². The van der Waals surface area contributed by atoms with Gasteiger partial charge in [-0.3, -0.25) is 4.79 Å². The van der Waals surface area contributed by atoms with Gasteiger partial charge in [0, 0.05) is 23.7 Å².